The fourth-order valence-corrected chi connectivity index (χ4v) is 4.16. The number of aromatic nitrogens is 1. The lowest BCUT2D eigenvalue weighted by atomic mass is 10.2. The summed E-state index contributed by atoms with van der Waals surface area (Å²) in [6.45, 7) is 2.46. The van der Waals surface area contributed by atoms with Crippen molar-refractivity contribution in [3.05, 3.63) is 54.1 Å². The van der Waals surface area contributed by atoms with Crippen LogP contribution in [0, 0.1) is 0 Å². The lowest BCUT2D eigenvalue weighted by Gasteiger charge is -2.18. The number of oxime groups is 1. The van der Waals surface area contributed by atoms with Crippen LogP contribution in [0.1, 0.15) is 31.2 Å². The number of fused-ring (bicyclic) bond motifs is 1. The van der Waals surface area contributed by atoms with Gasteiger partial charge in [-0.1, -0.05) is 23.4 Å². The summed E-state index contributed by atoms with van der Waals surface area (Å²) in [5.74, 6) is 0.167. The predicted molar refractivity (Wildman–Crippen MR) is 129 cm³/mol. The van der Waals surface area contributed by atoms with Gasteiger partial charge in [0.1, 0.15) is 5.75 Å². The van der Waals surface area contributed by atoms with Gasteiger partial charge in [-0.3, -0.25) is 9.36 Å². The van der Waals surface area contributed by atoms with Gasteiger partial charge in [0, 0.05) is 5.39 Å². The molecule has 1 saturated heterocycles. The van der Waals surface area contributed by atoms with Crippen LogP contribution in [0.2, 0.25) is 0 Å². The molecule has 0 bridgehead atoms. The Balaban J connectivity index is 1.41. The molecule has 178 valence electrons. The molecular weight excluding hydrogens is 434 g/mol. The largest absolute Gasteiger partial charge is 0.497 e. The predicted octanol–water partition coefficient (Wildman–Crippen LogP) is 3.43. The van der Waals surface area contributed by atoms with E-state index in [0.717, 1.165) is 35.3 Å². The van der Waals surface area contributed by atoms with Crippen molar-refractivity contribution < 1.29 is 24.4 Å². The van der Waals surface area contributed by atoms with Gasteiger partial charge >= 0.3 is 5.91 Å². The van der Waals surface area contributed by atoms with Crippen LogP contribution < -0.4 is 9.64 Å². The van der Waals surface area contributed by atoms with Gasteiger partial charge in [-0.05, 0) is 61.6 Å². The van der Waals surface area contributed by atoms with Gasteiger partial charge in [-0.25, -0.2) is 0 Å². The summed E-state index contributed by atoms with van der Waals surface area (Å²) in [6.07, 6.45) is 6.40. The number of nitrogens with zero attached hydrogens (tertiary/aromatic N) is 4. The molecule has 1 aliphatic rings. The van der Waals surface area contributed by atoms with Crippen molar-refractivity contribution in [2.24, 2.45) is 15.4 Å². The van der Waals surface area contributed by atoms with E-state index in [4.69, 9.17) is 9.57 Å². The van der Waals surface area contributed by atoms with E-state index < -0.39 is 5.91 Å². The fraction of sp³-hybridized carbons (Fsp3) is 0.360. The van der Waals surface area contributed by atoms with E-state index in [2.05, 4.69) is 15.4 Å². The first kappa shape index (κ1) is 23.4. The van der Waals surface area contributed by atoms with Gasteiger partial charge in [0.25, 0.3) is 0 Å². The molecule has 34 heavy (non-hydrogen) atoms. The van der Waals surface area contributed by atoms with Gasteiger partial charge in [0.15, 0.2) is 19.0 Å². The van der Waals surface area contributed by atoms with E-state index in [1.807, 2.05) is 41.0 Å². The van der Waals surface area contributed by atoms with E-state index in [0.29, 0.717) is 12.4 Å². The number of rotatable bonds is 8. The maximum Gasteiger partial charge on any atom is 0.304 e. The van der Waals surface area contributed by atoms with Crippen molar-refractivity contribution in [2.45, 2.75) is 32.4 Å². The highest BCUT2D eigenvalue weighted by Crippen LogP contribution is 2.38. The second-order valence-electron chi connectivity index (χ2n) is 8.31. The summed E-state index contributed by atoms with van der Waals surface area (Å²) in [6, 6.07) is 14.9. The van der Waals surface area contributed by atoms with Gasteiger partial charge in [-0.2, -0.15) is 0 Å². The molecular formula is C25H30N5O4+. The molecule has 1 aromatic heterocycles. The van der Waals surface area contributed by atoms with Crippen LogP contribution in [0.5, 0.6) is 11.6 Å². The van der Waals surface area contributed by atoms with Gasteiger partial charge in [0.05, 0.1) is 31.9 Å². The number of nitrogens with one attached hydrogen (secondary N) is 1. The van der Waals surface area contributed by atoms with E-state index in [-0.39, 0.29) is 12.5 Å². The lowest BCUT2D eigenvalue weighted by molar-refractivity contribution is -0.921. The van der Waals surface area contributed by atoms with E-state index in [1.54, 1.807) is 19.2 Å². The number of hydrogen-bond acceptors (Lipinski definition) is 6. The van der Waals surface area contributed by atoms with Crippen LogP contribution in [0.3, 0.4) is 0 Å². The lowest BCUT2D eigenvalue weighted by Crippen LogP contribution is -3.11. The standard InChI is InChI=1S/C25H29N5O4/c1-33-20-12-10-19(11-13-20)16-26-34-17-23(31)27-28-24-21-8-4-5-9-22(21)30(25(24)32)18-29-14-6-2-3-7-15-29/h4-5,8-13,16,32H,2-3,6-7,14-15,17-18H2,1H3/p+1/b26-16-,28-27?. The van der Waals surface area contributed by atoms with Crippen molar-refractivity contribution in [1.29, 1.82) is 0 Å². The quantitative estimate of drug-likeness (QED) is 0.303. The Morgan fingerprint density at radius 2 is 1.82 bits per heavy atom. The Bertz CT molecular complexity index is 1160. The van der Waals surface area contributed by atoms with Crippen LogP contribution in [0.25, 0.3) is 10.9 Å². The molecule has 2 heterocycles. The number of carbonyl (C=O) groups excluding carboxylic acids is 1. The highest BCUT2D eigenvalue weighted by Gasteiger charge is 2.21. The molecule has 9 nitrogen and oxygen atoms in total. The smallest absolute Gasteiger partial charge is 0.304 e. The van der Waals surface area contributed by atoms with E-state index in [9.17, 15) is 9.90 Å². The molecule has 1 aliphatic heterocycles. The number of quaternary nitrogens is 1. The van der Waals surface area contributed by atoms with Gasteiger partial charge in [-0.15, -0.1) is 10.2 Å². The zero-order valence-corrected chi connectivity index (χ0v) is 19.3. The Morgan fingerprint density at radius 1 is 1.09 bits per heavy atom. The summed E-state index contributed by atoms with van der Waals surface area (Å²) < 4.78 is 6.97. The molecule has 0 unspecified atom stereocenters. The fourth-order valence-electron chi connectivity index (χ4n) is 4.16. The summed E-state index contributed by atoms with van der Waals surface area (Å²) in [7, 11) is 1.60. The number of para-hydroxylation sites is 1. The van der Waals surface area contributed by atoms with Crippen molar-refractivity contribution >= 4 is 28.7 Å². The Labute approximate surface area is 198 Å². The SMILES string of the molecule is COc1ccc(/C=N\OCC(=O)N=Nc2c(O)n(C[NH+]3CCCCCC3)c3ccccc23)cc1. The normalized spacial score (nSPS) is 15.2. The molecule has 3 aromatic rings. The van der Waals surface area contributed by atoms with Crippen molar-refractivity contribution in [1.82, 2.24) is 4.57 Å². The van der Waals surface area contributed by atoms with Crippen LogP contribution >= 0.6 is 0 Å². The molecule has 0 saturated carbocycles. The van der Waals surface area contributed by atoms with E-state index in [1.165, 1.54) is 36.8 Å². The van der Waals surface area contributed by atoms with Crippen molar-refractivity contribution in [3.8, 4) is 11.6 Å². The van der Waals surface area contributed by atoms with Crippen LogP contribution in [-0.4, -0.2) is 48.6 Å². The number of benzene rings is 2. The maximum absolute atomic E-state index is 12.2. The summed E-state index contributed by atoms with van der Waals surface area (Å²) in [5, 5.41) is 23.3. The zero-order chi connectivity index (χ0) is 23.8. The second kappa shape index (κ2) is 11.4. The molecule has 1 fully saturated rings. The number of methoxy groups -OCH3 is 1. The third-order valence-electron chi connectivity index (χ3n) is 5.95. The number of likely N-dealkylation sites (tertiary alicyclic amines) is 1. The first-order valence-electron chi connectivity index (χ1n) is 11.5. The summed E-state index contributed by atoms with van der Waals surface area (Å²) >= 11 is 0. The molecule has 0 spiro atoms. The Hall–Kier alpha value is -3.72. The average molecular weight is 465 g/mol. The zero-order valence-electron chi connectivity index (χ0n) is 19.3. The van der Waals surface area contributed by atoms with Gasteiger partial charge < -0.3 is 19.6 Å². The number of hydrogen-bond donors (Lipinski definition) is 2. The third kappa shape index (κ3) is 5.79. The van der Waals surface area contributed by atoms with Gasteiger partial charge in [0.2, 0.25) is 5.88 Å². The third-order valence-corrected chi connectivity index (χ3v) is 5.95. The number of amides is 1. The minimum Gasteiger partial charge on any atom is -0.497 e. The second-order valence-corrected chi connectivity index (χ2v) is 8.31. The highest BCUT2D eigenvalue weighted by atomic mass is 16.6. The number of ether oxygens (including phenoxy) is 1. The van der Waals surface area contributed by atoms with Crippen LogP contribution in [0.4, 0.5) is 5.69 Å². The van der Waals surface area contributed by atoms with Crippen LogP contribution in [-0.2, 0) is 16.3 Å². The van der Waals surface area contributed by atoms with Crippen LogP contribution in [0.15, 0.2) is 63.9 Å². The highest BCUT2D eigenvalue weighted by molar-refractivity contribution is 5.95. The minimum absolute atomic E-state index is 0.0212. The molecule has 0 radical (unpaired) electrons. The molecule has 1 amide bonds. The summed E-state index contributed by atoms with van der Waals surface area (Å²) in [5.41, 5.74) is 1.97. The monoisotopic (exact) mass is 464 g/mol. The topological polar surface area (TPSA) is 102 Å². The molecule has 9 heteroatoms. The molecule has 0 atom stereocenters. The number of azo groups is 1. The molecule has 0 aliphatic carbocycles. The van der Waals surface area contributed by atoms with E-state index >= 15 is 0 Å². The maximum atomic E-state index is 12.2. The Morgan fingerprint density at radius 3 is 2.56 bits per heavy atom. The summed E-state index contributed by atoms with van der Waals surface area (Å²) in [4.78, 5) is 18.6. The minimum atomic E-state index is -0.596. The number of aromatic hydroxyl groups is 1. The van der Waals surface area contributed by atoms with Crippen molar-refractivity contribution in [2.75, 3.05) is 26.8 Å². The first-order chi connectivity index (χ1) is 16.7. The Kier molecular flexibility index (Phi) is 7.87. The average Bonchev–Trinajstić information content (AvgIpc) is 3.01. The molecule has 4 rings (SSSR count). The first-order valence-corrected chi connectivity index (χ1v) is 11.5. The number of carbonyl (C=O) groups is 1. The van der Waals surface area contributed by atoms with Crippen molar-refractivity contribution in [3.63, 3.8) is 0 Å². The molecule has 2 N–H and O–H groups in total. The molecule has 2 aromatic carbocycles.